The number of carbonyl (C=O) groups excluding carboxylic acids is 3. The van der Waals surface area contributed by atoms with Gasteiger partial charge in [0.15, 0.2) is 0 Å². The van der Waals surface area contributed by atoms with E-state index in [0.717, 1.165) is 0 Å². The van der Waals surface area contributed by atoms with Gasteiger partial charge in [-0.1, -0.05) is 50.0 Å². The highest BCUT2D eigenvalue weighted by atomic mass is 35.5. The molecule has 0 atom stereocenters. The fraction of sp³-hybridized carbons (Fsp3) is 0.360. The van der Waals surface area contributed by atoms with Crippen LogP contribution in [0.15, 0.2) is 42.5 Å². The van der Waals surface area contributed by atoms with E-state index < -0.39 is 41.1 Å². The Morgan fingerprint density at radius 1 is 0.912 bits per heavy atom. The van der Waals surface area contributed by atoms with Gasteiger partial charge in [-0.15, -0.1) is 0 Å². The summed E-state index contributed by atoms with van der Waals surface area (Å²) in [6.45, 7) is 9.01. The summed E-state index contributed by atoms with van der Waals surface area (Å²) in [4.78, 5) is 50.5. The summed E-state index contributed by atoms with van der Waals surface area (Å²) in [7, 11) is 0. The Hall–Kier alpha value is -2.90. The minimum Gasteiger partial charge on any atom is -0.478 e. The quantitative estimate of drug-likeness (QED) is 0.285. The number of esters is 1. The monoisotopic (exact) mass is 507 g/mol. The molecule has 0 aliphatic heterocycles. The molecule has 0 radical (unpaired) electrons. The molecule has 0 aliphatic rings. The van der Waals surface area contributed by atoms with E-state index in [1.807, 2.05) is 20.8 Å². The standard InChI is InChI=1S/C25H27Cl2NO6/c1-24(2,3)25(4,5)34-23(33)20(29)13-21(30)28(14-15-6-11-18(26)19(27)12-15)17-9-7-16(8-10-17)22(31)32/h6-12H,13-14H2,1-5H3,(H,31,32). The van der Waals surface area contributed by atoms with E-state index >= 15 is 0 Å². The number of carboxylic acid groups (broad SMARTS) is 1. The Balaban J connectivity index is 2.29. The van der Waals surface area contributed by atoms with Gasteiger partial charge in [0.05, 0.1) is 28.6 Å². The maximum Gasteiger partial charge on any atom is 0.375 e. The Morgan fingerprint density at radius 3 is 2.00 bits per heavy atom. The number of ether oxygens (including phenoxy) is 1. The van der Waals surface area contributed by atoms with Crippen LogP contribution in [0.5, 0.6) is 0 Å². The van der Waals surface area contributed by atoms with Crippen molar-refractivity contribution < 1.29 is 29.0 Å². The second kappa shape index (κ2) is 10.6. The average Bonchev–Trinajstić information content (AvgIpc) is 2.73. The number of Topliss-reactive ketones (excluding diaryl/α,β-unsaturated/α-hetero) is 1. The van der Waals surface area contributed by atoms with E-state index in [0.29, 0.717) is 16.3 Å². The predicted octanol–water partition coefficient (Wildman–Crippen LogP) is 5.55. The molecule has 0 aliphatic carbocycles. The second-order valence-electron chi connectivity index (χ2n) is 9.33. The number of hydrogen-bond donors (Lipinski definition) is 1. The summed E-state index contributed by atoms with van der Waals surface area (Å²) in [5.41, 5.74) is -0.366. The number of nitrogens with zero attached hydrogens (tertiary/aromatic N) is 1. The molecule has 0 unspecified atom stereocenters. The molecule has 0 spiro atoms. The van der Waals surface area contributed by atoms with Crippen molar-refractivity contribution in [1.29, 1.82) is 0 Å². The summed E-state index contributed by atoms with van der Waals surface area (Å²) in [6, 6.07) is 10.4. The number of carboxylic acids is 1. The van der Waals surface area contributed by atoms with Gasteiger partial charge in [-0.25, -0.2) is 9.59 Å². The van der Waals surface area contributed by atoms with Crippen molar-refractivity contribution in [2.24, 2.45) is 5.41 Å². The van der Waals surface area contributed by atoms with E-state index in [1.54, 1.807) is 32.0 Å². The van der Waals surface area contributed by atoms with Crippen LogP contribution < -0.4 is 4.90 Å². The lowest BCUT2D eigenvalue weighted by molar-refractivity contribution is -0.172. The van der Waals surface area contributed by atoms with Gasteiger partial charge in [-0.05, 0) is 55.8 Å². The van der Waals surface area contributed by atoms with Crippen LogP contribution in [0.3, 0.4) is 0 Å². The molecule has 0 fully saturated rings. The van der Waals surface area contributed by atoms with E-state index in [2.05, 4.69) is 0 Å². The van der Waals surface area contributed by atoms with Gasteiger partial charge in [0.2, 0.25) is 11.7 Å². The molecule has 2 aromatic carbocycles. The van der Waals surface area contributed by atoms with Crippen LogP contribution in [-0.2, 0) is 25.7 Å². The maximum absolute atomic E-state index is 13.1. The Bertz CT molecular complexity index is 1100. The predicted molar refractivity (Wildman–Crippen MR) is 130 cm³/mol. The first-order valence-electron chi connectivity index (χ1n) is 10.5. The molecule has 0 heterocycles. The number of benzene rings is 2. The van der Waals surface area contributed by atoms with Gasteiger partial charge in [-0.3, -0.25) is 9.59 Å². The van der Waals surface area contributed by atoms with Gasteiger partial charge >= 0.3 is 11.9 Å². The number of aromatic carboxylic acids is 1. The molecule has 9 heteroatoms. The Morgan fingerprint density at radius 2 is 1.50 bits per heavy atom. The normalized spacial score (nSPS) is 11.6. The average molecular weight is 508 g/mol. The van der Waals surface area contributed by atoms with Crippen LogP contribution >= 0.6 is 23.2 Å². The third-order valence-corrected chi connectivity index (χ3v) is 6.48. The number of anilines is 1. The van der Waals surface area contributed by atoms with Crippen molar-refractivity contribution in [3.8, 4) is 0 Å². The van der Waals surface area contributed by atoms with Crippen LogP contribution in [0.2, 0.25) is 10.0 Å². The summed E-state index contributed by atoms with van der Waals surface area (Å²) in [6.07, 6.45) is -0.721. The first-order chi connectivity index (χ1) is 15.6. The zero-order valence-corrected chi connectivity index (χ0v) is 21.2. The largest absolute Gasteiger partial charge is 0.478 e. The number of halogens is 2. The molecule has 7 nitrogen and oxygen atoms in total. The molecule has 34 heavy (non-hydrogen) atoms. The second-order valence-corrected chi connectivity index (χ2v) is 10.1. The van der Waals surface area contributed by atoms with E-state index in [4.69, 9.17) is 33.0 Å². The van der Waals surface area contributed by atoms with Gasteiger partial charge in [0, 0.05) is 11.1 Å². The van der Waals surface area contributed by atoms with Crippen molar-refractivity contribution in [2.45, 2.75) is 53.2 Å². The van der Waals surface area contributed by atoms with Gasteiger partial charge in [0.1, 0.15) is 5.60 Å². The third-order valence-electron chi connectivity index (χ3n) is 5.75. The molecule has 182 valence electrons. The molecule has 2 aromatic rings. The summed E-state index contributed by atoms with van der Waals surface area (Å²) in [5, 5.41) is 9.77. The van der Waals surface area contributed by atoms with Crippen molar-refractivity contribution in [3.63, 3.8) is 0 Å². The van der Waals surface area contributed by atoms with Crippen LogP contribution in [0, 0.1) is 5.41 Å². The summed E-state index contributed by atoms with van der Waals surface area (Å²) >= 11 is 12.1. The minimum atomic E-state index is -1.12. The number of ketones is 1. The van der Waals surface area contributed by atoms with Gasteiger partial charge in [0.25, 0.3) is 0 Å². The van der Waals surface area contributed by atoms with Gasteiger partial charge in [-0.2, -0.15) is 0 Å². The molecular formula is C25H27Cl2NO6. The molecular weight excluding hydrogens is 481 g/mol. The highest BCUT2D eigenvalue weighted by Crippen LogP contribution is 2.33. The third kappa shape index (κ3) is 6.81. The van der Waals surface area contributed by atoms with E-state index in [1.165, 1.54) is 29.2 Å². The smallest absolute Gasteiger partial charge is 0.375 e. The molecule has 2 rings (SSSR count). The van der Waals surface area contributed by atoms with E-state index in [9.17, 15) is 19.2 Å². The lowest BCUT2D eigenvalue weighted by Gasteiger charge is -2.37. The molecule has 0 saturated heterocycles. The van der Waals surface area contributed by atoms with Crippen LogP contribution in [-0.4, -0.2) is 34.3 Å². The topological polar surface area (TPSA) is 101 Å². The maximum atomic E-state index is 13.1. The summed E-state index contributed by atoms with van der Waals surface area (Å²) in [5.74, 6) is -3.86. The van der Waals surface area contributed by atoms with Crippen molar-refractivity contribution in [3.05, 3.63) is 63.6 Å². The van der Waals surface area contributed by atoms with Crippen molar-refractivity contribution >= 4 is 52.5 Å². The zero-order chi connectivity index (χ0) is 25.8. The molecule has 0 bridgehead atoms. The summed E-state index contributed by atoms with van der Waals surface area (Å²) < 4.78 is 5.38. The van der Waals surface area contributed by atoms with Crippen LogP contribution in [0.4, 0.5) is 5.69 Å². The number of rotatable bonds is 8. The van der Waals surface area contributed by atoms with E-state index in [-0.39, 0.29) is 17.1 Å². The Kier molecular flexibility index (Phi) is 8.50. The SMILES string of the molecule is CC(C)(C)C(C)(C)OC(=O)C(=O)CC(=O)N(Cc1ccc(Cl)c(Cl)c1)c1ccc(C(=O)O)cc1. The van der Waals surface area contributed by atoms with Crippen molar-refractivity contribution in [1.82, 2.24) is 0 Å². The number of amides is 1. The lowest BCUT2D eigenvalue weighted by atomic mass is 9.79. The molecule has 0 saturated carbocycles. The van der Waals surface area contributed by atoms with Gasteiger partial charge < -0.3 is 14.7 Å². The fourth-order valence-electron chi connectivity index (χ4n) is 2.67. The molecule has 1 N–H and O–H groups in total. The number of carbonyl (C=O) groups is 4. The highest BCUT2D eigenvalue weighted by Gasteiger charge is 2.38. The molecule has 0 aromatic heterocycles. The highest BCUT2D eigenvalue weighted by molar-refractivity contribution is 6.42. The number of hydrogen-bond acceptors (Lipinski definition) is 5. The Labute approximate surface area is 208 Å². The minimum absolute atomic E-state index is 0.0119. The first kappa shape index (κ1) is 27.3. The zero-order valence-electron chi connectivity index (χ0n) is 19.6. The lowest BCUT2D eigenvalue weighted by Crippen LogP contribution is -2.43. The van der Waals surface area contributed by atoms with Crippen LogP contribution in [0.25, 0.3) is 0 Å². The first-order valence-corrected chi connectivity index (χ1v) is 11.2. The van der Waals surface area contributed by atoms with Crippen molar-refractivity contribution in [2.75, 3.05) is 4.90 Å². The fourth-order valence-corrected chi connectivity index (χ4v) is 3.00. The molecule has 1 amide bonds. The van der Waals surface area contributed by atoms with Crippen LogP contribution in [0.1, 0.15) is 57.0 Å².